The molecular formula is C18H22O4. The molecule has 0 radical (unpaired) electrons. The molecule has 118 valence electrons. The van der Waals surface area contributed by atoms with Crippen LogP contribution in [0.3, 0.4) is 0 Å². The Bertz CT molecular complexity index is 572. The molecule has 1 aromatic rings. The predicted molar refractivity (Wildman–Crippen MR) is 83.8 cm³/mol. The van der Waals surface area contributed by atoms with Gasteiger partial charge < -0.3 is 9.47 Å². The third-order valence-electron chi connectivity index (χ3n) is 4.38. The maximum Gasteiger partial charge on any atom is 0.143 e. The first-order valence-electron chi connectivity index (χ1n) is 7.36. The molecule has 0 amide bonds. The minimum atomic E-state index is -0.930. The van der Waals surface area contributed by atoms with E-state index in [-0.39, 0.29) is 23.8 Å². The summed E-state index contributed by atoms with van der Waals surface area (Å²) in [5.41, 5.74) is 0.164. The van der Waals surface area contributed by atoms with Crippen LogP contribution in [0.5, 0.6) is 5.75 Å². The summed E-state index contributed by atoms with van der Waals surface area (Å²) in [5, 5.41) is 0. The summed E-state index contributed by atoms with van der Waals surface area (Å²) in [4.78, 5) is 23.3. The Hall–Kier alpha value is -1.94. The number of Topliss-reactive ketones (excluding diaryl/α,β-unsaturated/α-hetero) is 2. The average molecular weight is 302 g/mol. The monoisotopic (exact) mass is 302 g/mol. The van der Waals surface area contributed by atoms with Crippen molar-refractivity contribution in [3.05, 3.63) is 42.0 Å². The molecule has 0 bridgehead atoms. The largest absolute Gasteiger partial charge is 0.497 e. The van der Waals surface area contributed by atoms with Crippen molar-refractivity contribution < 1.29 is 19.1 Å². The second-order valence-electron chi connectivity index (χ2n) is 5.87. The number of carbonyl (C=O) groups is 2. The number of ketones is 2. The highest BCUT2D eigenvalue weighted by molar-refractivity contribution is 6.04. The lowest BCUT2D eigenvalue weighted by Crippen LogP contribution is -2.32. The molecule has 1 aliphatic heterocycles. The number of carbonyl (C=O) groups excluding carboxylic acids is 2. The SMILES string of the molecule is COc1ccc(C2OC2/C=C/CC(C)(C(C)=O)C(C)=O)cc1. The highest BCUT2D eigenvalue weighted by Gasteiger charge is 2.38. The van der Waals surface area contributed by atoms with Gasteiger partial charge in [-0.3, -0.25) is 9.59 Å². The van der Waals surface area contributed by atoms with Crippen molar-refractivity contribution in [1.82, 2.24) is 0 Å². The van der Waals surface area contributed by atoms with E-state index in [1.807, 2.05) is 36.4 Å². The molecule has 1 saturated heterocycles. The molecule has 0 spiro atoms. The van der Waals surface area contributed by atoms with Gasteiger partial charge in [-0.15, -0.1) is 0 Å². The molecule has 0 saturated carbocycles. The van der Waals surface area contributed by atoms with Gasteiger partial charge in [-0.05, 0) is 44.9 Å². The van der Waals surface area contributed by atoms with E-state index in [1.165, 1.54) is 13.8 Å². The summed E-state index contributed by atoms with van der Waals surface area (Å²) >= 11 is 0. The number of epoxide rings is 1. The van der Waals surface area contributed by atoms with Crippen molar-refractivity contribution in [2.75, 3.05) is 7.11 Å². The molecule has 1 aromatic carbocycles. The van der Waals surface area contributed by atoms with Crippen LogP contribution < -0.4 is 4.74 Å². The van der Waals surface area contributed by atoms with Crippen molar-refractivity contribution in [3.8, 4) is 5.75 Å². The van der Waals surface area contributed by atoms with Crippen LogP contribution in [-0.2, 0) is 14.3 Å². The van der Waals surface area contributed by atoms with E-state index in [0.717, 1.165) is 11.3 Å². The molecule has 22 heavy (non-hydrogen) atoms. The molecule has 4 heteroatoms. The van der Waals surface area contributed by atoms with Crippen molar-refractivity contribution >= 4 is 11.6 Å². The van der Waals surface area contributed by atoms with Crippen LogP contribution >= 0.6 is 0 Å². The molecule has 1 fully saturated rings. The maximum absolute atomic E-state index is 11.6. The molecule has 2 rings (SSSR count). The van der Waals surface area contributed by atoms with E-state index >= 15 is 0 Å². The lowest BCUT2D eigenvalue weighted by atomic mass is 9.79. The highest BCUT2D eigenvalue weighted by atomic mass is 16.6. The fourth-order valence-electron chi connectivity index (χ4n) is 2.31. The van der Waals surface area contributed by atoms with Crippen LogP contribution in [0, 0.1) is 5.41 Å². The molecule has 0 aromatic heterocycles. The number of ether oxygens (including phenoxy) is 2. The van der Waals surface area contributed by atoms with Crippen LogP contribution in [0.2, 0.25) is 0 Å². The Morgan fingerprint density at radius 3 is 2.32 bits per heavy atom. The number of hydrogen-bond donors (Lipinski definition) is 0. The van der Waals surface area contributed by atoms with E-state index < -0.39 is 5.41 Å². The van der Waals surface area contributed by atoms with Crippen LogP contribution in [0.25, 0.3) is 0 Å². The van der Waals surface area contributed by atoms with E-state index in [2.05, 4.69) is 0 Å². The van der Waals surface area contributed by atoms with Crippen LogP contribution in [-0.4, -0.2) is 24.8 Å². The van der Waals surface area contributed by atoms with Crippen molar-refractivity contribution in [2.45, 2.75) is 39.4 Å². The third kappa shape index (κ3) is 3.45. The summed E-state index contributed by atoms with van der Waals surface area (Å²) in [7, 11) is 1.63. The minimum absolute atomic E-state index is 0.0107. The van der Waals surface area contributed by atoms with Gasteiger partial charge in [-0.2, -0.15) is 0 Å². The Morgan fingerprint density at radius 2 is 1.82 bits per heavy atom. The van der Waals surface area contributed by atoms with Gasteiger partial charge >= 0.3 is 0 Å². The summed E-state index contributed by atoms with van der Waals surface area (Å²) < 4.78 is 10.7. The Kier molecular flexibility index (Phi) is 4.81. The zero-order valence-corrected chi connectivity index (χ0v) is 13.5. The standard InChI is InChI=1S/C18H22O4/c1-12(19)18(3,13(2)20)11-5-6-16-17(22-16)14-7-9-15(21-4)10-8-14/h5-10,16-17H,11H2,1-4H3/b6-5+. The fourth-order valence-corrected chi connectivity index (χ4v) is 2.31. The number of benzene rings is 1. The predicted octanol–water partition coefficient (Wildman–Crippen LogP) is 3.27. The van der Waals surface area contributed by atoms with Gasteiger partial charge in [0, 0.05) is 0 Å². The van der Waals surface area contributed by atoms with Gasteiger partial charge in [-0.25, -0.2) is 0 Å². The lowest BCUT2D eigenvalue weighted by molar-refractivity contribution is -0.137. The quantitative estimate of drug-likeness (QED) is 0.441. The maximum atomic E-state index is 11.6. The van der Waals surface area contributed by atoms with Gasteiger partial charge in [0.25, 0.3) is 0 Å². The number of rotatable bonds is 7. The second kappa shape index (κ2) is 6.44. The zero-order valence-electron chi connectivity index (χ0n) is 13.5. The molecule has 1 heterocycles. The number of methoxy groups -OCH3 is 1. The summed E-state index contributed by atoms with van der Waals surface area (Å²) in [5.74, 6) is 0.608. The third-order valence-corrected chi connectivity index (χ3v) is 4.38. The van der Waals surface area contributed by atoms with Gasteiger partial charge in [0.05, 0.1) is 12.5 Å². The lowest BCUT2D eigenvalue weighted by Gasteiger charge is -2.21. The molecule has 2 unspecified atom stereocenters. The first-order valence-corrected chi connectivity index (χ1v) is 7.36. The summed E-state index contributed by atoms with van der Waals surface area (Å²) in [6.07, 6.45) is 4.27. The molecule has 2 atom stereocenters. The average Bonchev–Trinajstić information content (AvgIpc) is 3.26. The van der Waals surface area contributed by atoms with Crippen LogP contribution in [0.15, 0.2) is 36.4 Å². The number of allylic oxidation sites excluding steroid dienone is 1. The van der Waals surface area contributed by atoms with Crippen molar-refractivity contribution in [1.29, 1.82) is 0 Å². The summed E-state index contributed by atoms with van der Waals surface area (Å²) in [6, 6.07) is 7.76. The van der Waals surface area contributed by atoms with Crippen LogP contribution in [0.4, 0.5) is 0 Å². The minimum Gasteiger partial charge on any atom is -0.497 e. The highest BCUT2D eigenvalue weighted by Crippen LogP contribution is 2.40. The molecule has 0 N–H and O–H groups in total. The fraction of sp³-hybridized carbons (Fsp3) is 0.444. The van der Waals surface area contributed by atoms with Crippen molar-refractivity contribution in [2.24, 2.45) is 5.41 Å². The van der Waals surface area contributed by atoms with Gasteiger partial charge in [0.1, 0.15) is 29.5 Å². The summed E-state index contributed by atoms with van der Waals surface area (Å²) in [6.45, 7) is 4.61. The molecular weight excluding hydrogens is 280 g/mol. The first kappa shape index (κ1) is 16.4. The first-order chi connectivity index (χ1) is 10.4. The second-order valence-corrected chi connectivity index (χ2v) is 5.87. The Labute approximate surface area is 131 Å². The molecule has 1 aliphatic rings. The molecule has 0 aliphatic carbocycles. The number of hydrogen-bond acceptors (Lipinski definition) is 4. The zero-order chi connectivity index (χ0) is 16.3. The Morgan fingerprint density at radius 1 is 1.23 bits per heavy atom. The van der Waals surface area contributed by atoms with Gasteiger partial charge in [-0.1, -0.05) is 24.3 Å². The topological polar surface area (TPSA) is 55.9 Å². The van der Waals surface area contributed by atoms with E-state index in [0.29, 0.717) is 6.42 Å². The van der Waals surface area contributed by atoms with Crippen LogP contribution in [0.1, 0.15) is 38.9 Å². The Balaban J connectivity index is 1.93. The van der Waals surface area contributed by atoms with Gasteiger partial charge in [0.15, 0.2) is 0 Å². The smallest absolute Gasteiger partial charge is 0.143 e. The van der Waals surface area contributed by atoms with Gasteiger partial charge in [0.2, 0.25) is 0 Å². The molecule has 4 nitrogen and oxygen atoms in total. The normalized spacial score (nSPS) is 20.9. The van der Waals surface area contributed by atoms with E-state index in [9.17, 15) is 9.59 Å². The van der Waals surface area contributed by atoms with E-state index in [4.69, 9.17) is 9.47 Å². The van der Waals surface area contributed by atoms with Crippen molar-refractivity contribution in [3.63, 3.8) is 0 Å². The van der Waals surface area contributed by atoms with E-state index in [1.54, 1.807) is 14.0 Å².